The zero-order chi connectivity index (χ0) is 17.8. The third-order valence-corrected chi connectivity index (χ3v) is 5.21. The minimum atomic E-state index is -0.0843. The summed E-state index contributed by atoms with van der Waals surface area (Å²) in [6.45, 7) is 3.25. The van der Waals surface area contributed by atoms with E-state index in [0.29, 0.717) is 18.7 Å². The van der Waals surface area contributed by atoms with Crippen LogP contribution in [0.15, 0.2) is 36.0 Å². The second-order valence-electron chi connectivity index (χ2n) is 6.21. The molecule has 26 heavy (non-hydrogen) atoms. The fraction of sp³-hybridized carbons (Fsp3) is 0.333. The normalized spacial score (nSPS) is 13.9. The summed E-state index contributed by atoms with van der Waals surface area (Å²) >= 11 is 1.53. The molecule has 0 spiro atoms. The van der Waals surface area contributed by atoms with Crippen molar-refractivity contribution in [2.75, 3.05) is 36.4 Å². The number of hydrogen-bond donors (Lipinski definition) is 2. The predicted molar refractivity (Wildman–Crippen MR) is 104 cm³/mol. The van der Waals surface area contributed by atoms with E-state index in [-0.39, 0.29) is 5.91 Å². The molecule has 0 bridgehead atoms. The number of fused-ring (bicyclic) bond motifs is 1. The number of aromatic nitrogens is 3. The van der Waals surface area contributed by atoms with Crippen molar-refractivity contribution in [2.45, 2.75) is 12.8 Å². The van der Waals surface area contributed by atoms with E-state index in [9.17, 15) is 4.79 Å². The van der Waals surface area contributed by atoms with Crippen molar-refractivity contribution in [1.82, 2.24) is 20.5 Å². The maximum Gasteiger partial charge on any atom is 0.251 e. The predicted octanol–water partition coefficient (Wildman–Crippen LogP) is 2.53. The summed E-state index contributed by atoms with van der Waals surface area (Å²) in [6.07, 6.45) is 4.25. The average Bonchev–Trinajstić information content (AvgIpc) is 3.36. The van der Waals surface area contributed by atoms with E-state index < -0.39 is 0 Å². The molecular formula is C18H20N6OS. The van der Waals surface area contributed by atoms with Gasteiger partial charge in [-0.2, -0.15) is 5.10 Å². The van der Waals surface area contributed by atoms with Crippen molar-refractivity contribution in [3.63, 3.8) is 0 Å². The maximum atomic E-state index is 12.3. The van der Waals surface area contributed by atoms with Crippen molar-refractivity contribution in [1.29, 1.82) is 0 Å². The monoisotopic (exact) mass is 368 g/mol. The van der Waals surface area contributed by atoms with Gasteiger partial charge in [-0.25, -0.2) is 4.98 Å². The Morgan fingerprint density at radius 3 is 2.96 bits per heavy atom. The molecule has 0 atom stereocenters. The second kappa shape index (κ2) is 7.65. The molecule has 8 heteroatoms. The Bertz CT molecular complexity index is 905. The Morgan fingerprint density at radius 2 is 2.08 bits per heavy atom. The Labute approximate surface area is 155 Å². The van der Waals surface area contributed by atoms with Gasteiger partial charge < -0.3 is 15.5 Å². The zero-order valence-corrected chi connectivity index (χ0v) is 15.1. The van der Waals surface area contributed by atoms with E-state index in [1.54, 1.807) is 17.8 Å². The van der Waals surface area contributed by atoms with Gasteiger partial charge in [-0.1, -0.05) is 0 Å². The molecule has 4 rings (SSSR count). The van der Waals surface area contributed by atoms with Crippen LogP contribution in [-0.2, 0) is 0 Å². The number of nitrogens with one attached hydrogen (secondary N) is 2. The van der Waals surface area contributed by atoms with Crippen LogP contribution < -0.4 is 15.5 Å². The van der Waals surface area contributed by atoms with Crippen LogP contribution in [0.5, 0.6) is 0 Å². The Morgan fingerprint density at radius 1 is 1.19 bits per heavy atom. The van der Waals surface area contributed by atoms with Crippen molar-refractivity contribution >= 4 is 39.0 Å². The van der Waals surface area contributed by atoms with Crippen molar-refractivity contribution in [3.05, 3.63) is 41.5 Å². The van der Waals surface area contributed by atoms with Crippen LogP contribution in [0.1, 0.15) is 23.2 Å². The minimum absolute atomic E-state index is 0.0843. The van der Waals surface area contributed by atoms with Gasteiger partial charge in [0.15, 0.2) is 5.82 Å². The van der Waals surface area contributed by atoms with Gasteiger partial charge in [-0.15, -0.1) is 16.4 Å². The number of nitrogens with zero attached hydrogens (tertiary/aromatic N) is 4. The molecule has 1 aliphatic rings. The van der Waals surface area contributed by atoms with Crippen molar-refractivity contribution in [3.8, 4) is 0 Å². The number of anilines is 2. The molecule has 0 aliphatic carbocycles. The lowest BCUT2D eigenvalue weighted by molar-refractivity contribution is 0.0955. The molecule has 2 aromatic heterocycles. The summed E-state index contributed by atoms with van der Waals surface area (Å²) < 4.78 is 1.02. The molecule has 3 heterocycles. The molecule has 7 nitrogen and oxygen atoms in total. The highest BCUT2D eigenvalue weighted by Crippen LogP contribution is 2.21. The molecule has 1 aliphatic heterocycles. The summed E-state index contributed by atoms with van der Waals surface area (Å²) in [5.41, 5.74) is 4.46. The topological polar surface area (TPSA) is 83.0 Å². The van der Waals surface area contributed by atoms with Gasteiger partial charge in [0.25, 0.3) is 5.91 Å². The summed E-state index contributed by atoms with van der Waals surface area (Å²) in [5.74, 6) is 0.647. The van der Waals surface area contributed by atoms with Crippen molar-refractivity contribution in [2.24, 2.45) is 0 Å². The highest BCUT2D eigenvalue weighted by Gasteiger charge is 2.13. The number of rotatable bonds is 6. The lowest BCUT2D eigenvalue weighted by Crippen LogP contribution is -2.29. The van der Waals surface area contributed by atoms with E-state index in [0.717, 1.165) is 34.8 Å². The van der Waals surface area contributed by atoms with Gasteiger partial charge in [0.1, 0.15) is 0 Å². The number of carbonyl (C=O) groups excluding carboxylic acids is 1. The smallest absolute Gasteiger partial charge is 0.251 e. The van der Waals surface area contributed by atoms with Crippen LogP contribution in [0.3, 0.4) is 0 Å². The molecule has 0 unspecified atom stereocenters. The first-order valence-electron chi connectivity index (χ1n) is 8.72. The molecule has 134 valence electrons. The fourth-order valence-electron chi connectivity index (χ4n) is 3.06. The molecule has 0 saturated carbocycles. The number of hydrogen-bond acceptors (Lipinski definition) is 7. The van der Waals surface area contributed by atoms with E-state index in [2.05, 4.69) is 30.7 Å². The summed E-state index contributed by atoms with van der Waals surface area (Å²) in [4.78, 5) is 18.8. The molecule has 1 fully saturated rings. The Hall–Kier alpha value is -2.74. The van der Waals surface area contributed by atoms with Crippen LogP contribution in [0.2, 0.25) is 0 Å². The molecular weight excluding hydrogens is 348 g/mol. The maximum absolute atomic E-state index is 12.3. The highest BCUT2D eigenvalue weighted by atomic mass is 32.1. The number of carbonyl (C=O) groups is 1. The van der Waals surface area contributed by atoms with Crippen LogP contribution in [0.4, 0.5) is 11.5 Å². The van der Waals surface area contributed by atoms with Crippen LogP contribution in [0, 0.1) is 0 Å². The minimum Gasteiger partial charge on any atom is -0.370 e. The molecule has 1 saturated heterocycles. The summed E-state index contributed by atoms with van der Waals surface area (Å²) in [5, 5.41) is 14.3. The largest absolute Gasteiger partial charge is 0.370 e. The molecule has 2 N–H and O–H groups in total. The van der Waals surface area contributed by atoms with E-state index in [1.807, 2.05) is 18.2 Å². The van der Waals surface area contributed by atoms with Gasteiger partial charge in [-0.05, 0) is 31.0 Å². The number of thiazole rings is 1. The fourth-order valence-corrected chi connectivity index (χ4v) is 3.77. The molecule has 3 aromatic rings. The quantitative estimate of drug-likeness (QED) is 0.651. The Balaban J connectivity index is 1.28. The standard InChI is InChI=1S/C18H20N6OS/c25-18(13-3-4-15-16(9-13)26-12-21-15)20-6-5-19-17-10-14(11-22-23-17)24-7-1-2-8-24/h3-4,9-12H,1-2,5-8H2,(H,19,23)(H,20,25). The Kier molecular flexibility index (Phi) is 4.92. The number of benzene rings is 1. The first-order valence-corrected chi connectivity index (χ1v) is 9.60. The zero-order valence-electron chi connectivity index (χ0n) is 14.3. The van der Waals surface area contributed by atoms with E-state index >= 15 is 0 Å². The van der Waals surface area contributed by atoms with Gasteiger partial charge in [-0.3, -0.25) is 4.79 Å². The third kappa shape index (κ3) is 3.75. The summed E-state index contributed by atoms with van der Waals surface area (Å²) in [6, 6.07) is 7.56. The van der Waals surface area contributed by atoms with E-state index in [1.165, 1.54) is 24.2 Å². The number of amides is 1. The second-order valence-corrected chi connectivity index (χ2v) is 7.10. The first-order chi connectivity index (χ1) is 12.8. The third-order valence-electron chi connectivity index (χ3n) is 4.42. The lowest BCUT2D eigenvalue weighted by Gasteiger charge is -2.17. The highest BCUT2D eigenvalue weighted by molar-refractivity contribution is 7.16. The van der Waals surface area contributed by atoms with Gasteiger partial charge in [0.2, 0.25) is 0 Å². The lowest BCUT2D eigenvalue weighted by atomic mass is 10.2. The molecule has 1 amide bonds. The van der Waals surface area contributed by atoms with Crippen LogP contribution >= 0.6 is 11.3 Å². The molecule has 1 aromatic carbocycles. The van der Waals surface area contributed by atoms with Gasteiger partial charge in [0, 0.05) is 37.8 Å². The first kappa shape index (κ1) is 16.7. The van der Waals surface area contributed by atoms with Crippen LogP contribution in [0.25, 0.3) is 10.2 Å². The van der Waals surface area contributed by atoms with Gasteiger partial charge >= 0.3 is 0 Å². The van der Waals surface area contributed by atoms with E-state index in [4.69, 9.17) is 0 Å². The summed E-state index contributed by atoms with van der Waals surface area (Å²) in [7, 11) is 0. The van der Waals surface area contributed by atoms with Crippen molar-refractivity contribution < 1.29 is 4.79 Å². The van der Waals surface area contributed by atoms with Gasteiger partial charge in [0.05, 0.1) is 27.6 Å². The molecule has 0 radical (unpaired) electrons. The average molecular weight is 368 g/mol. The van der Waals surface area contributed by atoms with Crippen LogP contribution in [-0.4, -0.2) is 47.3 Å². The SMILES string of the molecule is O=C(NCCNc1cc(N2CCCC2)cnn1)c1ccc2ncsc2c1.